The number of carbonyl (C=O) groups excluding carboxylic acids is 1. The summed E-state index contributed by atoms with van der Waals surface area (Å²) in [6.07, 6.45) is 5.16. The number of thiophene rings is 1. The average Bonchev–Trinajstić information content (AvgIpc) is 3.18. The largest absolute Gasteiger partial charge is 0.456 e. The second-order valence-electron chi connectivity index (χ2n) is 4.71. The van der Waals surface area contributed by atoms with Gasteiger partial charge in [-0.25, -0.2) is 0 Å². The maximum atomic E-state index is 11.7. The Hall–Kier alpha value is -1.67. The van der Waals surface area contributed by atoms with Crippen LogP contribution in [0.25, 0.3) is 27.5 Å². The van der Waals surface area contributed by atoms with Crippen LogP contribution in [0, 0.1) is 0 Å². The Morgan fingerprint density at radius 2 is 2.22 bits per heavy atom. The number of amides is 1. The number of hydrogen-bond donors (Lipinski definition) is 1. The van der Waals surface area contributed by atoms with Gasteiger partial charge in [-0.1, -0.05) is 35.6 Å². The number of furan rings is 1. The van der Waals surface area contributed by atoms with E-state index in [1.807, 2.05) is 18.2 Å². The number of pyridine rings is 1. The van der Waals surface area contributed by atoms with Crippen molar-refractivity contribution >= 4 is 74.2 Å². The molecule has 1 aliphatic heterocycles. The summed E-state index contributed by atoms with van der Waals surface area (Å²) in [6.45, 7) is 0. The number of rotatable bonds is 2. The van der Waals surface area contributed by atoms with Gasteiger partial charge in [0, 0.05) is 28.7 Å². The Morgan fingerprint density at radius 1 is 1.35 bits per heavy atom. The van der Waals surface area contributed by atoms with Gasteiger partial charge in [0.25, 0.3) is 5.91 Å². The molecule has 8 heteroatoms. The first-order valence-corrected chi connectivity index (χ1v) is 8.90. The second-order valence-corrected chi connectivity index (χ2v) is 8.14. The van der Waals surface area contributed by atoms with E-state index in [0.717, 1.165) is 21.4 Å². The van der Waals surface area contributed by atoms with Crippen molar-refractivity contribution in [2.24, 2.45) is 0 Å². The van der Waals surface area contributed by atoms with E-state index in [2.05, 4.69) is 10.3 Å². The fourth-order valence-corrected chi connectivity index (χ4v) is 4.31. The van der Waals surface area contributed by atoms with Gasteiger partial charge in [0.05, 0.1) is 14.8 Å². The molecule has 0 bridgehead atoms. The topological polar surface area (TPSA) is 55.1 Å². The van der Waals surface area contributed by atoms with Crippen molar-refractivity contribution in [3.63, 3.8) is 0 Å². The molecule has 4 nitrogen and oxygen atoms in total. The summed E-state index contributed by atoms with van der Waals surface area (Å²) in [5, 5.41) is 3.45. The van der Waals surface area contributed by atoms with Crippen LogP contribution in [-0.4, -0.2) is 15.2 Å². The molecule has 23 heavy (non-hydrogen) atoms. The fourth-order valence-electron chi connectivity index (χ4n) is 2.24. The molecule has 4 rings (SSSR count). The van der Waals surface area contributed by atoms with E-state index in [4.69, 9.17) is 28.2 Å². The van der Waals surface area contributed by atoms with Gasteiger partial charge in [-0.05, 0) is 18.2 Å². The van der Waals surface area contributed by atoms with Crippen LogP contribution in [-0.2, 0) is 4.79 Å². The van der Waals surface area contributed by atoms with E-state index in [1.165, 1.54) is 23.1 Å². The van der Waals surface area contributed by atoms with Crippen LogP contribution in [0.1, 0.15) is 5.76 Å². The highest BCUT2D eigenvalue weighted by Crippen LogP contribution is 2.37. The lowest BCUT2D eigenvalue weighted by atomic mass is 10.2. The average molecular weight is 379 g/mol. The summed E-state index contributed by atoms with van der Waals surface area (Å²) in [7, 11) is 0. The molecule has 3 aromatic rings. The summed E-state index contributed by atoms with van der Waals surface area (Å²) in [5.74, 6) is 0.378. The molecule has 0 aromatic carbocycles. The monoisotopic (exact) mass is 378 g/mol. The molecular formula is C15H7ClN2O2S3. The number of thioether (sulfide) groups is 1. The number of halogens is 1. The predicted octanol–water partition coefficient (Wildman–Crippen LogP) is 4.70. The van der Waals surface area contributed by atoms with Gasteiger partial charge >= 0.3 is 0 Å². The van der Waals surface area contributed by atoms with Crippen molar-refractivity contribution in [3.05, 3.63) is 45.6 Å². The fraction of sp³-hybridized carbons (Fsp3) is 0. The van der Waals surface area contributed by atoms with Gasteiger partial charge in [0.2, 0.25) is 0 Å². The number of thiocarbonyl (C=S) groups is 1. The molecule has 3 aromatic heterocycles. The third-order valence-corrected chi connectivity index (χ3v) is 5.62. The number of aromatic nitrogens is 1. The summed E-state index contributed by atoms with van der Waals surface area (Å²) in [5.41, 5.74) is 1.60. The quantitative estimate of drug-likeness (QED) is 0.517. The van der Waals surface area contributed by atoms with Gasteiger partial charge in [0.15, 0.2) is 0 Å². The van der Waals surface area contributed by atoms with E-state index in [1.54, 1.807) is 18.5 Å². The van der Waals surface area contributed by atoms with Crippen LogP contribution in [0.3, 0.4) is 0 Å². The number of hydrogen-bond acceptors (Lipinski definition) is 6. The van der Waals surface area contributed by atoms with E-state index >= 15 is 0 Å². The van der Waals surface area contributed by atoms with Crippen molar-refractivity contribution in [1.82, 2.24) is 10.3 Å². The van der Waals surface area contributed by atoms with Crippen LogP contribution in [0.2, 0.25) is 4.34 Å². The zero-order chi connectivity index (χ0) is 16.0. The zero-order valence-corrected chi connectivity index (χ0v) is 14.5. The van der Waals surface area contributed by atoms with Gasteiger partial charge in [-0.3, -0.25) is 9.78 Å². The molecular weight excluding hydrogens is 372 g/mol. The normalized spacial score (nSPS) is 16.5. The molecule has 1 N–H and O–H groups in total. The number of nitrogens with one attached hydrogen (secondary N) is 1. The van der Waals surface area contributed by atoms with Crippen LogP contribution in [0.15, 0.2) is 39.9 Å². The molecule has 1 aliphatic rings. The third-order valence-electron chi connectivity index (χ3n) is 3.20. The highest BCUT2D eigenvalue weighted by molar-refractivity contribution is 8.26. The van der Waals surface area contributed by atoms with Crippen molar-refractivity contribution in [3.8, 4) is 10.4 Å². The molecule has 0 radical (unpaired) electrons. The summed E-state index contributed by atoms with van der Waals surface area (Å²) >= 11 is 13.7. The van der Waals surface area contributed by atoms with Crippen molar-refractivity contribution in [2.45, 2.75) is 0 Å². The SMILES string of the molecule is O=C1NC(=S)S/C1=C\c1cc2cncc(-c3ccc(Cl)s3)c2o1. The molecule has 0 unspecified atom stereocenters. The first-order chi connectivity index (χ1) is 11.1. The molecule has 0 aliphatic carbocycles. The minimum atomic E-state index is -0.205. The molecule has 114 valence electrons. The van der Waals surface area contributed by atoms with Crippen molar-refractivity contribution < 1.29 is 9.21 Å². The smallest absolute Gasteiger partial charge is 0.263 e. The summed E-state index contributed by atoms with van der Waals surface area (Å²) in [4.78, 5) is 17.5. The lowest BCUT2D eigenvalue weighted by Gasteiger charge is -1.97. The lowest BCUT2D eigenvalue weighted by molar-refractivity contribution is -0.115. The summed E-state index contributed by atoms with van der Waals surface area (Å²) in [6, 6.07) is 5.62. The minimum absolute atomic E-state index is 0.205. The van der Waals surface area contributed by atoms with Gasteiger partial charge in [-0.15, -0.1) is 11.3 Å². The lowest BCUT2D eigenvalue weighted by Crippen LogP contribution is -2.17. The van der Waals surface area contributed by atoms with Gasteiger partial charge < -0.3 is 9.73 Å². The Morgan fingerprint density at radius 3 is 2.91 bits per heavy atom. The second kappa shape index (κ2) is 5.76. The Bertz CT molecular complexity index is 990. The molecule has 0 saturated carbocycles. The highest BCUT2D eigenvalue weighted by atomic mass is 35.5. The maximum absolute atomic E-state index is 11.7. The van der Waals surface area contributed by atoms with E-state index in [0.29, 0.717) is 19.3 Å². The van der Waals surface area contributed by atoms with Crippen LogP contribution >= 0.6 is 46.9 Å². The Balaban J connectivity index is 1.81. The predicted molar refractivity (Wildman–Crippen MR) is 98.6 cm³/mol. The molecule has 1 fully saturated rings. The Kier molecular flexibility index (Phi) is 3.73. The van der Waals surface area contributed by atoms with E-state index in [9.17, 15) is 4.79 Å². The van der Waals surface area contributed by atoms with E-state index in [-0.39, 0.29) is 5.91 Å². The third kappa shape index (κ3) is 2.81. The first kappa shape index (κ1) is 14.9. The number of carbonyl (C=O) groups is 1. The molecule has 1 saturated heterocycles. The molecule has 0 spiro atoms. The number of fused-ring (bicyclic) bond motifs is 1. The number of nitrogens with zero attached hydrogens (tertiary/aromatic N) is 1. The molecule has 0 atom stereocenters. The van der Waals surface area contributed by atoms with Crippen LogP contribution in [0.4, 0.5) is 0 Å². The van der Waals surface area contributed by atoms with Gasteiger partial charge in [0.1, 0.15) is 15.7 Å². The zero-order valence-electron chi connectivity index (χ0n) is 11.3. The van der Waals surface area contributed by atoms with Crippen molar-refractivity contribution in [2.75, 3.05) is 0 Å². The first-order valence-electron chi connectivity index (χ1n) is 6.48. The minimum Gasteiger partial charge on any atom is -0.456 e. The van der Waals surface area contributed by atoms with Crippen LogP contribution in [0.5, 0.6) is 0 Å². The molecule has 4 heterocycles. The highest BCUT2D eigenvalue weighted by Gasteiger charge is 2.23. The summed E-state index contributed by atoms with van der Waals surface area (Å²) < 4.78 is 7.08. The Labute approximate surface area is 149 Å². The standard InChI is InChI=1S/C15H7ClN2O2S3/c16-12-2-1-10(22-12)9-6-17-5-7-3-8(20-13(7)9)4-11-14(19)18-15(21)23-11/h1-6H,(H,18,19,21)/b11-4-. The van der Waals surface area contributed by atoms with Crippen molar-refractivity contribution in [1.29, 1.82) is 0 Å². The van der Waals surface area contributed by atoms with Gasteiger partial charge in [-0.2, -0.15) is 0 Å². The van der Waals surface area contributed by atoms with E-state index < -0.39 is 0 Å². The maximum Gasteiger partial charge on any atom is 0.263 e. The van der Waals surface area contributed by atoms with Crippen LogP contribution < -0.4 is 5.32 Å². The molecule has 1 amide bonds.